The van der Waals surface area contributed by atoms with E-state index in [1.165, 1.54) is 29.7 Å². The maximum Gasteiger partial charge on any atom is 0.407 e. The first-order valence-electron chi connectivity index (χ1n) is 13.7. The summed E-state index contributed by atoms with van der Waals surface area (Å²) >= 11 is 4.89. The maximum absolute atomic E-state index is 13.9. The van der Waals surface area contributed by atoms with Crippen molar-refractivity contribution in [2.45, 2.75) is 108 Å². The summed E-state index contributed by atoms with van der Waals surface area (Å²) in [6.45, 7) is 12.5. The largest absolute Gasteiger partial charge is 0.444 e. The van der Waals surface area contributed by atoms with Crippen molar-refractivity contribution in [1.29, 1.82) is 0 Å². The van der Waals surface area contributed by atoms with Crippen LogP contribution >= 0.6 is 12.6 Å². The monoisotopic (exact) mass is 546 g/mol. The van der Waals surface area contributed by atoms with E-state index in [1.807, 2.05) is 0 Å². The van der Waals surface area contributed by atoms with Gasteiger partial charge < -0.3 is 15.4 Å². The molecule has 1 aliphatic rings. The normalized spacial score (nSPS) is 17.5. The highest BCUT2D eigenvalue weighted by atomic mass is 32.1. The predicted octanol–water partition coefficient (Wildman–Crippen LogP) is 7.45. The van der Waals surface area contributed by atoms with Crippen molar-refractivity contribution in [3.05, 3.63) is 70.8 Å². The molecule has 2 N–H and O–H groups in total. The number of nitrogens with one attached hydrogen (secondary N) is 2. The fraction of sp³-hybridized carbons (Fsp3) is 0.581. The zero-order chi connectivity index (χ0) is 28.1. The van der Waals surface area contributed by atoms with Crippen molar-refractivity contribution in [2.75, 3.05) is 6.54 Å². The van der Waals surface area contributed by atoms with Crippen LogP contribution in [0.25, 0.3) is 0 Å². The Bertz CT molecular complexity index is 1070. The third kappa shape index (κ3) is 8.70. The van der Waals surface area contributed by atoms with E-state index in [0.717, 1.165) is 31.7 Å². The molecule has 0 radical (unpaired) electrons. The van der Waals surface area contributed by atoms with E-state index >= 15 is 0 Å². The summed E-state index contributed by atoms with van der Waals surface area (Å²) in [5, 5.41) is 6.40. The van der Waals surface area contributed by atoms with Gasteiger partial charge in [0.05, 0.1) is 0 Å². The van der Waals surface area contributed by atoms with Gasteiger partial charge in [-0.05, 0) is 74.3 Å². The summed E-state index contributed by atoms with van der Waals surface area (Å²) in [5.74, 6) is -1.30. The van der Waals surface area contributed by atoms with Gasteiger partial charge in [-0.2, -0.15) is 12.6 Å². The van der Waals surface area contributed by atoms with Crippen LogP contribution in [0.2, 0.25) is 0 Å². The smallest absolute Gasteiger partial charge is 0.407 e. The number of alkyl carbamates (subject to hydrolysis) is 1. The topological polar surface area (TPSA) is 50.4 Å². The predicted molar refractivity (Wildman–Crippen MR) is 154 cm³/mol. The molecule has 0 saturated heterocycles. The SMILES string of the molecule is CC(C)(C)OC(=O)NC(Cc1cc(F)cc(F)c1)C(S)CNC1(c2cccc(C(C)(C)C)c2)CCCCC1. The average molecular weight is 547 g/mol. The molecule has 1 aliphatic carbocycles. The van der Waals surface area contributed by atoms with Crippen molar-refractivity contribution in [3.8, 4) is 0 Å². The minimum Gasteiger partial charge on any atom is -0.444 e. The van der Waals surface area contributed by atoms with Gasteiger partial charge in [-0.1, -0.05) is 64.3 Å². The number of halogens is 2. The van der Waals surface area contributed by atoms with Crippen LogP contribution in [0.4, 0.5) is 13.6 Å². The Morgan fingerprint density at radius 3 is 2.21 bits per heavy atom. The summed E-state index contributed by atoms with van der Waals surface area (Å²) in [6.07, 6.45) is 5.14. The molecule has 7 heteroatoms. The molecule has 0 aliphatic heterocycles. The molecular formula is C31H44F2N2O2S. The highest BCUT2D eigenvalue weighted by molar-refractivity contribution is 7.81. The van der Waals surface area contributed by atoms with Gasteiger partial charge in [-0.15, -0.1) is 0 Å². The first-order chi connectivity index (χ1) is 17.7. The third-order valence-corrected chi connectivity index (χ3v) is 7.72. The van der Waals surface area contributed by atoms with Crippen molar-refractivity contribution >= 4 is 18.7 Å². The number of thiol groups is 1. The minimum absolute atomic E-state index is 0.0423. The molecule has 0 heterocycles. The van der Waals surface area contributed by atoms with Gasteiger partial charge in [0.1, 0.15) is 17.2 Å². The Morgan fingerprint density at radius 2 is 1.63 bits per heavy atom. The van der Waals surface area contributed by atoms with E-state index < -0.39 is 29.4 Å². The van der Waals surface area contributed by atoms with E-state index in [0.29, 0.717) is 12.1 Å². The number of hydrogen-bond acceptors (Lipinski definition) is 4. The van der Waals surface area contributed by atoms with E-state index in [1.54, 1.807) is 20.8 Å². The molecule has 0 spiro atoms. The van der Waals surface area contributed by atoms with Crippen LogP contribution < -0.4 is 10.6 Å². The van der Waals surface area contributed by atoms with Gasteiger partial charge in [0.2, 0.25) is 0 Å². The lowest BCUT2D eigenvalue weighted by molar-refractivity contribution is 0.0502. The highest BCUT2D eigenvalue weighted by Crippen LogP contribution is 2.39. The summed E-state index contributed by atoms with van der Waals surface area (Å²) in [6, 6.07) is 11.8. The molecule has 38 heavy (non-hydrogen) atoms. The van der Waals surface area contributed by atoms with E-state index in [2.05, 4.69) is 55.7 Å². The second-order valence-electron chi connectivity index (χ2n) is 12.7. The third-order valence-electron chi connectivity index (χ3n) is 7.18. The number of carbonyl (C=O) groups excluding carboxylic acids is 1. The van der Waals surface area contributed by atoms with Gasteiger partial charge in [0, 0.05) is 29.4 Å². The maximum atomic E-state index is 13.9. The Balaban J connectivity index is 1.84. The Hall–Kier alpha value is -2.12. The number of amides is 1. The van der Waals surface area contributed by atoms with Crippen LogP contribution in [0.1, 0.15) is 90.3 Å². The van der Waals surface area contributed by atoms with Crippen LogP contribution in [0.5, 0.6) is 0 Å². The highest BCUT2D eigenvalue weighted by Gasteiger charge is 2.35. The van der Waals surface area contributed by atoms with Crippen molar-refractivity contribution in [3.63, 3.8) is 0 Å². The number of rotatable bonds is 8. The molecule has 0 bridgehead atoms. The molecule has 2 aromatic rings. The van der Waals surface area contributed by atoms with Crippen LogP contribution in [0, 0.1) is 11.6 Å². The van der Waals surface area contributed by atoms with E-state index in [-0.39, 0.29) is 22.6 Å². The van der Waals surface area contributed by atoms with Crippen molar-refractivity contribution in [2.24, 2.45) is 0 Å². The quantitative estimate of drug-likeness (QED) is 0.302. The summed E-state index contributed by atoms with van der Waals surface area (Å²) in [7, 11) is 0. The fourth-order valence-electron chi connectivity index (χ4n) is 5.17. The molecule has 2 unspecified atom stereocenters. The minimum atomic E-state index is -0.672. The average Bonchev–Trinajstić information content (AvgIpc) is 2.80. The van der Waals surface area contributed by atoms with Gasteiger partial charge >= 0.3 is 6.09 Å². The Morgan fingerprint density at radius 1 is 1.00 bits per heavy atom. The van der Waals surface area contributed by atoms with E-state index in [4.69, 9.17) is 17.4 Å². The summed E-state index contributed by atoms with van der Waals surface area (Å²) in [5.41, 5.74) is 2.19. The molecule has 1 amide bonds. The zero-order valence-electron chi connectivity index (χ0n) is 23.7. The zero-order valence-corrected chi connectivity index (χ0v) is 24.6. The lowest BCUT2D eigenvalue weighted by Crippen LogP contribution is -2.52. The first kappa shape index (κ1) is 30.4. The Kier molecular flexibility index (Phi) is 9.91. The Labute approximate surface area is 232 Å². The van der Waals surface area contributed by atoms with Gasteiger partial charge in [0.25, 0.3) is 0 Å². The van der Waals surface area contributed by atoms with Crippen molar-refractivity contribution in [1.82, 2.24) is 10.6 Å². The molecule has 1 saturated carbocycles. The fourth-order valence-corrected chi connectivity index (χ4v) is 5.44. The molecule has 210 valence electrons. The molecule has 0 aromatic heterocycles. The van der Waals surface area contributed by atoms with Crippen LogP contribution in [0.3, 0.4) is 0 Å². The molecule has 2 atom stereocenters. The summed E-state index contributed by atoms with van der Waals surface area (Å²) in [4.78, 5) is 12.7. The van der Waals surface area contributed by atoms with Crippen LogP contribution in [0.15, 0.2) is 42.5 Å². The van der Waals surface area contributed by atoms with E-state index in [9.17, 15) is 13.6 Å². The lowest BCUT2D eigenvalue weighted by Gasteiger charge is -2.41. The number of carbonyl (C=O) groups is 1. The molecule has 1 fully saturated rings. The molecular weight excluding hydrogens is 502 g/mol. The second-order valence-corrected chi connectivity index (χ2v) is 13.3. The number of hydrogen-bond donors (Lipinski definition) is 3. The number of benzene rings is 2. The first-order valence-corrected chi connectivity index (χ1v) is 14.2. The van der Waals surface area contributed by atoms with Gasteiger partial charge in [-0.25, -0.2) is 13.6 Å². The molecule has 4 nitrogen and oxygen atoms in total. The van der Waals surface area contributed by atoms with Crippen LogP contribution in [-0.2, 0) is 22.1 Å². The summed E-state index contributed by atoms with van der Waals surface area (Å²) < 4.78 is 33.3. The number of ether oxygens (including phenoxy) is 1. The lowest BCUT2D eigenvalue weighted by atomic mass is 9.74. The van der Waals surface area contributed by atoms with Crippen molar-refractivity contribution < 1.29 is 18.3 Å². The van der Waals surface area contributed by atoms with Gasteiger partial charge in [-0.3, -0.25) is 0 Å². The van der Waals surface area contributed by atoms with Crippen LogP contribution in [-0.4, -0.2) is 29.5 Å². The van der Waals surface area contributed by atoms with Gasteiger partial charge in [0.15, 0.2) is 0 Å². The molecule has 3 rings (SSSR count). The molecule has 2 aromatic carbocycles. The standard InChI is InChI=1S/C31H44F2N2O2S/c1-29(2,3)22-11-10-12-23(18-22)31(13-8-7-9-14-31)34-20-27(38)26(35-28(36)37-30(4,5)6)17-21-15-24(32)19-25(33)16-21/h10-12,15-16,18-19,26-27,34,38H,7-9,13-14,17,20H2,1-6H3,(H,35,36). The second kappa shape index (κ2) is 12.4.